The monoisotopic (exact) mass is 175 g/mol. The first kappa shape index (κ1) is 9.02. The maximum Gasteiger partial charge on any atom is 0.166 e. The summed E-state index contributed by atoms with van der Waals surface area (Å²) in [5, 5.41) is 8.18. The molecule has 0 saturated heterocycles. The fraction of sp³-hybridized carbons (Fsp3) is 0.111. The minimum atomic E-state index is -0.594. The van der Waals surface area contributed by atoms with E-state index in [1.54, 1.807) is 0 Å². The van der Waals surface area contributed by atoms with Crippen LogP contribution in [0.15, 0.2) is 12.3 Å². The van der Waals surface area contributed by atoms with E-state index in [4.69, 9.17) is 11.0 Å². The molecule has 13 heavy (non-hydrogen) atoms. The van der Waals surface area contributed by atoms with Crippen molar-refractivity contribution in [2.24, 2.45) is 0 Å². The first-order chi connectivity index (χ1) is 6.24. The molecule has 0 fully saturated rings. The fourth-order valence-electron chi connectivity index (χ4n) is 0.703. The molecule has 0 saturated carbocycles. The highest BCUT2D eigenvalue weighted by molar-refractivity contribution is 5.39. The Labute approximate surface area is 75.0 Å². The van der Waals surface area contributed by atoms with Gasteiger partial charge in [0.1, 0.15) is 0 Å². The minimum absolute atomic E-state index is 0.117. The Balaban J connectivity index is 2.89. The van der Waals surface area contributed by atoms with Crippen molar-refractivity contribution < 1.29 is 4.39 Å². The summed E-state index contributed by atoms with van der Waals surface area (Å²) in [7, 11) is 0. The minimum Gasteiger partial charge on any atom is -0.381 e. The highest BCUT2D eigenvalue weighted by Crippen LogP contribution is 2.06. The average Bonchev–Trinajstić information content (AvgIpc) is 2.12. The van der Waals surface area contributed by atoms with E-state index in [1.807, 2.05) is 6.07 Å². The van der Waals surface area contributed by atoms with Crippen LogP contribution in [0.3, 0.4) is 0 Å². The quantitative estimate of drug-likeness (QED) is 0.600. The van der Waals surface area contributed by atoms with Crippen molar-refractivity contribution in [1.29, 1.82) is 5.26 Å². The third-order valence-corrected chi connectivity index (χ3v) is 1.27. The van der Waals surface area contributed by atoms with Crippen LogP contribution in [0.1, 0.15) is 12.0 Å². The van der Waals surface area contributed by atoms with Gasteiger partial charge >= 0.3 is 0 Å². The van der Waals surface area contributed by atoms with Gasteiger partial charge in [-0.25, -0.2) is 9.37 Å². The van der Waals surface area contributed by atoms with Gasteiger partial charge in [-0.05, 0) is 6.07 Å². The zero-order chi connectivity index (χ0) is 9.68. The Kier molecular flexibility index (Phi) is 2.83. The second-order valence-corrected chi connectivity index (χ2v) is 2.23. The van der Waals surface area contributed by atoms with Crippen LogP contribution in [0.4, 0.5) is 10.2 Å². The van der Waals surface area contributed by atoms with Gasteiger partial charge in [-0.3, -0.25) is 0 Å². The second kappa shape index (κ2) is 4.08. The number of rotatable bonds is 0. The van der Waals surface area contributed by atoms with Crippen LogP contribution in [-0.2, 0) is 0 Å². The van der Waals surface area contributed by atoms with Gasteiger partial charge in [0.25, 0.3) is 0 Å². The highest BCUT2D eigenvalue weighted by Gasteiger charge is 1.98. The van der Waals surface area contributed by atoms with Crippen molar-refractivity contribution in [3.63, 3.8) is 0 Å². The van der Waals surface area contributed by atoms with Crippen LogP contribution in [0.5, 0.6) is 0 Å². The average molecular weight is 175 g/mol. The number of hydrogen-bond acceptors (Lipinski definition) is 3. The lowest BCUT2D eigenvalue weighted by Crippen LogP contribution is -1.94. The first-order valence-corrected chi connectivity index (χ1v) is 3.51. The molecule has 0 aliphatic carbocycles. The number of nitrogens with zero attached hydrogens (tertiary/aromatic N) is 2. The second-order valence-electron chi connectivity index (χ2n) is 2.23. The molecule has 0 atom stereocenters. The Morgan fingerprint density at radius 2 is 2.38 bits per heavy atom. The van der Waals surface area contributed by atoms with E-state index in [0.717, 1.165) is 0 Å². The number of halogens is 1. The standard InChI is InChI=1S/C9H6FN3/c10-8-5-7(3-1-2-4-11)6-13-9(8)12/h5-6H,2H2,(H2,12,13). The molecule has 64 valence electrons. The molecule has 0 unspecified atom stereocenters. The smallest absolute Gasteiger partial charge is 0.166 e. The molecular formula is C9H6FN3. The van der Waals surface area contributed by atoms with Crippen molar-refractivity contribution in [2.45, 2.75) is 6.42 Å². The van der Waals surface area contributed by atoms with Crippen LogP contribution in [-0.4, -0.2) is 4.98 Å². The van der Waals surface area contributed by atoms with Gasteiger partial charge in [-0.1, -0.05) is 11.8 Å². The van der Waals surface area contributed by atoms with Crippen molar-refractivity contribution in [3.8, 4) is 17.9 Å². The summed E-state index contributed by atoms with van der Waals surface area (Å²) in [5.41, 5.74) is 5.58. The first-order valence-electron chi connectivity index (χ1n) is 3.51. The SMILES string of the molecule is N#CCC#Cc1cnc(N)c(F)c1. The largest absolute Gasteiger partial charge is 0.381 e. The van der Waals surface area contributed by atoms with Crippen LogP contribution < -0.4 is 5.73 Å². The molecule has 4 heteroatoms. The van der Waals surface area contributed by atoms with Gasteiger partial charge in [0.15, 0.2) is 11.6 Å². The van der Waals surface area contributed by atoms with E-state index in [9.17, 15) is 4.39 Å². The lowest BCUT2D eigenvalue weighted by molar-refractivity contribution is 0.626. The summed E-state index contributed by atoms with van der Waals surface area (Å²) in [6.07, 6.45) is 1.48. The number of hydrogen-bond donors (Lipinski definition) is 1. The van der Waals surface area contributed by atoms with Gasteiger partial charge in [-0.15, -0.1) is 0 Å². The molecule has 1 aromatic heterocycles. The summed E-state index contributed by atoms with van der Waals surface area (Å²) in [6, 6.07) is 3.04. The van der Waals surface area contributed by atoms with Gasteiger partial charge in [0.2, 0.25) is 0 Å². The lowest BCUT2D eigenvalue weighted by atomic mass is 10.2. The van der Waals surface area contributed by atoms with Crippen molar-refractivity contribution in [1.82, 2.24) is 4.98 Å². The van der Waals surface area contributed by atoms with E-state index in [1.165, 1.54) is 12.3 Å². The number of nitrogens with two attached hydrogens (primary N) is 1. The predicted molar refractivity (Wildman–Crippen MR) is 45.7 cm³/mol. The maximum atomic E-state index is 12.8. The molecule has 3 nitrogen and oxygen atoms in total. The number of nitriles is 1. The third kappa shape index (κ3) is 2.46. The molecule has 0 radical (unpaired) electrons. The van der Waals surface area contributed by atoms with E-state index in [-0.39, 0.29) is 12.2 Å². The number of pyridine rings is 1. The fourth-order valence-corrected chi connectivity index (χ4v) is 0.703. The summed E-state index contributed by atoms with van der Waals surface area (Å²) in [6.45, 7) is 0. The molecular weight excluding hydrogens is 169 g/mol. The topological polar surface area (TPSA) is 62.7 Å². The van der Waals surface area contributed by atoms with E-state index in [2.05, 4.69) is 16.8 Å². The summed E-state index contributed by atoms with van der Waals surface area (Å²) < 4.78 is 12.8. The molecule has 0 spiro atoms. The van der Waals surface area contributed by atoms with Crippen LogP contribution in [0.2, 0.25) is 0 Å². The zero-order valence-corrected chi connectivity index (χ0v) is 6.71. The molecule has 0 amide bonds. The van der Waals surface area contributed by atoms with Crippen LogP contribution in [0.25, 0.3) is 0 Å². The molecule has 2 N–H and O–H groups in total. The van der Waals surface area contributed by atoms with Gasteiger partial charge in [-0.2, -0.15) is 5.26 Å². The summed E-state index contributed by atoms with van der Waals surface area (Å²) in [4.78, 5) is 3.57. The van der Waals surface area contributed by atoms with Gasteiger partial charge in [0, 0.05) is 11.8 Å². The molecule has 0 aliphatic heterocycles. The van der Waals surface area contributed by atoms with E-state index in [0.29, 0.717) is 5.56 Å². The van der Waals surface area contributed by atoms with Gasteiger partial charge in [0.05, 0.1) is 12.5 Å². The number of anilines is 1. The Hall–Kier alpha value is -2.07. The molecule has 0 bridgehead atoms. The van der Waals surface area contributed by atoms with E-state index < -0.39 is 5.82 Å². The molecule has 0 aliphatic rings. The Bertz CT molecular complexity index is 409. The molecule has 1 rings (SSSR count). The normalized spacial score (nSPS) is 8.31. The third-order valence-electron chi connectivity index (χ3n) is 1.27. The number of nitrogen functional groups attached to an aromatic ring is 1. The van der Waals surface area contributed by atoms with Crippen LogP contribution in [0, 0.1) is 29.0 Å². The molecule has 1 aromatic rings. The molecule has 1 heterocycles. The van der Waals surface area contributed by atoms with E-state index >= 15 is 0 Å². The van der Waals surface area contributed by atoms with Crippen molar-refractivity contribution in [3.05, 3.63) is 23.6 Å². The Morgan fingerprint density at radius 1 is 1.62 bits per heavy atom. The van der Waals surface area contributed by atoms with Crippen molar-refractivity contribution >= 4 is 5.82 Å². The number of aromatic nitrogens is 1. The predicted octanol–water partition coefficient (Wildman–Crippen LogP) is 1.07. The summed E-state index contributed by atoms with van der Waals surface area (Å²) in [5.74, 6) is 4.38. The Morgan fingerprint density at radius 3 is 3.00 bits per heavy atom. The van der Waals surface area contributed by atoms with Crippen molar-refractivity contribution in [2.75, 3.05) is 5.73 Å². The van der Waals surface area contributed by atoms with Gasteiger partial charge < -0.3 is 5.73 Å². The maximum absolute atomic E-state index is 12.8. The zero-order valence-electron chi connectivity index (χ0n) is 6.71. The highest BCUT2D eigenvalue weighted by atomic mass is 19.1. The van der Waals surface area contributed by atoms with Crippen LogP contribution >= 0.6 is 0 Å². The lowest BCUT2D eigenvalue weighted by Gasteiger charge is -1.93. The summed E-state index contributed by atoms with van der Waals surface area (Å²) >= 11 is 0. The molecule has 0 aromatic carbocycles.